The summed E-state index contributed by atoms with van der Waals surface area (Å²) >= 11 is 0. The molecule has 0 unspecified atom stereocenters. The van der Waals surface area contributed by atoms with Crippen molar-refractivity contribution in [3.05, 3.63) is 66.9 Å². The van der Waals surface area contributed by atoms with Gasteiger partial charge in [-0.1, -0.05) is 12.1 Å². The van der Waals surface area contributed by atoms with E-state index in [2.05, 4.69) is 20.7 Å². The highest BCUT2D eigenvalue weighted by atomic mass is 19.1. The fraction of sp³-hybridized carbons (Fsp3) is 0.217. The van der Waals surface area contributed by atoms with E-state index in [0.717, 1.165) is 27.7 Å². The van der Waals surface area contributed by atoms with Crippen molar-refractivity contribution >= 4 is 28.3 Å². The van der Waals surface area contributed by atoms with Crippen molar-refractivity contribution in [1.82, 2.24) is 20.1 Å². The van der Waals surface area contributed by atoms with Gasteiger partial charge in [-0.3, -0.25) is 4.68 Å². The Morgan fingerprint density at radius 1 is 1.22 bits per heavy atom. The molecular weight excluding hydrogens is 411 g/mol. The Bertz CT molecular complexity index is 1260. The maximum absolute atomic E-state index is 13.4. The number of urea groups is 1. The molecular formula is C23H23FN6O2. The number of aliphatic hydroxyl groups is 1. The monoisotopic (exact) mass is 434 g/mol. The Labute approximate surface area is 183 Å². The molecule has 2 aromatic carbocycles. The number of nitrogens with one attached hydrogen (secondary N) is 3. The summed E-state index contributed by atoms with van der Waals surface area (Å²) in [6.45, 7) is 1.73. The van der Waals surface area contributed by atoms with Crippen LogP contribution in [0.15, 0.2) is 61.1 Å². The molecule has 1 fully saturated rings. The van der Waals surface area contributed by atoms with Crippen molar-refractivity contribution in [1.29, 1.82) is 0 Å². The number of hydrogen-bond donors (Lipinski definition) is 4. The van der Waals surface area contributed by atoms with Gasteiger partial charge < -0.3 is 25.6 Å². The third-order valence-electron chi connectivity index (χ3n) is 5.62. The van der Waals surface area contributed by atoms with E-state index in [0.29, 0.717) is 25.3 Å². The lowest BCUT2D eigenvalue weighted by Crippen LogP contribution is -2.60. The normalized spacial score (nSPS) is 13.9. The number of benzene rings is 2. The van der Waals surface area contributed by atoms with Crippen molar-refractivity contribution in [3.8, 4) is 11.1 Å². The van der Waals surface area contributed by atoms with E-state index < -0.39 is 0 Å². The highest BCUT2D eigenvalue weighted by Crippen LogP contribution is 2.29. The number of hydrogen-bond acceptors (Lipinski definition) is 4. The molecule has 3 heterocycles. The van der Waals surface area contributed by atoms with E-state index in [1.54, 1.807) is 23.1 Å². The van der Waals surface area contributed by atoms with Gasteiger partial charge in [0.2, 0.25) is 0 Å². The standard InChI is InChI=1S/C23H23FN6O2/c24-17-2-1-3-19(9-17)29-13-18(14-29)27-23(32)28-22-11-25-21-5-4-15(8-20(21)22)16-10-26-30(12-16)6-7-31/h1-5,8-12,18,25,31H,6-7,13-14H2,(H2,27,28,32). The fourth-order valence-corrected chi connectivity index (χ4v) is 3.94. The predicted octanol–water partition coefficient (Wildman–Crippen LogP) is 3.17. The van der Waals surface area contributed by atoms with Crippen molar-refractivity contribution < 1.29 is 14.3 Å². The second-order valence-corrected chi connectivity index (χ2v) is 7.86. The zero-order valence-electron chi connectivity index (χ0n) is 17.3. The van der Waals surface area contributed by atoms with E-state index in [9.17, 15) is 9.18 Å². The molecule has 4 N–H and O–H groups in total. The Balaban J connectivity index is 1.23. The van der Waals surface area contributed by atoms with Crippen LogP contribution in [0.2, 0.25) is 0 Å². The maximum Gasteiger partial charge on any atom is 0.319 e. The largest absolute Gasteiger partial charge is 0.394 e. The van der Waals surface area contributed by atoms with Crippen LogP contribution in [0.1, 0.15) is 0 Å². The molecule has 1 aliphatic rings. The summed E-state index contributed by atoms with van der Waals surface area (Å²) in [5, 5.41) is 20.1. The second-order valence-electron chi connectivity index (χ2n) is 7.86. The Morgan fingerprint density at radius 3 is 2.91 bits per heavy atom. The zero-order chi connectivity index (χ0) is 22.1. The number of aromatic amines is 1. The van der Waals surface area contributed by atoms with Crippen LogP contribution in [0.5, 0.6) is 0 Å². The van der Waals surface area contributed by atoms with Crippen molar-refractivity contribution in [2.75, 3.05) is 29.9 Å². The number of nitrogens with zero attached hydrogens (tertiary/aromatic N) is 3. The summed E-state index contributed by atoms with van der Waals surface area (Å²) in [6, 6.07) is 12.1. The smallest absolute Gasteiger partial charge is 0.319 e. The number of rotatable bonds is 6. The zero-order valence-corrected chi connectivity index (χ0v) is 17.3. The molecule has 164 valence electrons. The first-order valence-corrected chi connectivity index (χ1v) is 10.4. The van der Waals surface area contributed by atoms with Crippen LogP contribution in [0.3, 0.4) is 0 Å². The number of fused-ring (bicyclic) bond motifs is 1. The Kier molecular flexibility index (Phi) is 5.24. The van der Waals surface area contributed by atoms with E-state index in [1.807, 2.05) is 35.4 Å². The average molecular weight is 434 g/mol. The van der Waals surface area contributed by atoms with Gasteiger partial charge in [0.05, 0.1) is 31.1 Å². The highest BCUT2D eigenvalue weighted by Gasteiger charge is 2.28. The first-order valence-electron chi connectivity index (χ1n) is 10.4. The number of H-pyrrole nitrogens is 1. The van der Waals surface area contributed by atoms with Gasteiger partial charge >= 0.3 is 6.03 Å². The molecule has 2 aromatic heterocycles. The summed E-state index contributed by atoms with van der Waals surface area (Å²) in [7, 11) is 0. The molecule has 32 heavy (non-hydrogen) atoms. The summed E-state index contributed by atoms with van der Waals surface area (Å²) in [6.07, 6.45) is 5.40. The first kappa shape index (κ1) is 20.1. The number of amides is 2. The summed E-state index contributed by atoms with van der Waals surface area (Å²) in [5.74, 6) is -0.267. The number of aliphatic hydroxyl groups excluding tert-OH is 1. The van der Waals surface area contributed by atoms with Crippen LogP contribution in [0.4, 0.5) is 20.6 Å². The Hall–Kier alpha value is -3.85. The molecule has 2 amide bonds. The third kappa shape index (κ3) is 4.02. The van der Waals surface area contributed by atoms with Crippen LogP contribution in [0, 0.1) is 5.82 Å². The number of carbonyl (C=O) groups is 1. The van der Waals surface area contributed by atoms with Crippen molar-refractivity contribution in [2.24, 2.45) is 0 Å². The quantitative estimate of drug-likeness (QED) is 0.375. The fourth-order valence-electron chi connectivity index (χ4n) is 3.94. The lowest BCUT2D eigenvalue weighted by Gasteiger charge is -2.41. The minimum absolute atomic E-state index is 0.00334. The minimum Gasteiger partial charge on any atom is -0.394 e. The first-order chi connectivity index (χ1) is 15.6. The van der Waals surface area contributed by atoms with Crippen molar-refractivity contribution in [2.45, 2.75) is 12.6 Å². The van der Waals surface area contributed by atoms with Crippen LogP contribution in [-0.2, 0) is 6.54 Å². The van der Waals surface area contributed by atoms with Gasteiger partial charge in [-0.05, 0) is 35.9 Å². The van der Waals surface area contributed by atoms with Gasteiger partial charge in [0, 0.05) is 47.6 Å². The Morgan fingerprint density at radius 2 is 2.09 bits per heavy atom. The van der Waals surface area contributed by atoms with Gasteiger partial charge in [0.25, 0.3) is 0 Å². The number of anilines is 2. The topological polar surface area (TPSA) is 98.2 Å². The SMILES string of the molecule is O=C(Nc1c[nH]c2ccc(-c3cnn(CCO)c3)cc12)NC1CN(c2cccc(F)c2)C1. The van der Waals surface area contributed by atoms with Gasteiger partial charge in [-0.15, -0.1) is 0 Å². The molecule has 4 aromatic rings. The predicted molar refractivity (Wildman–Crippen MR) is 121 cm³/mol. The third-order valence-corrected chi connectivity index (χ3v) is 5.62. The van der Waals surface area contributed by atoms with Gasteiger partial charge in [0.15, 0.2) is 0 Å². The highest BCUT2D eigenvalue weighted by molar-refractivity contribution is 6.02. The van der Waals surface area contributed by atoms with Crippen LogP contribution >= 0.6 is 0 Å². The second kappa shape index (κ2) is 8.35. The summed E-state index contributed by atoms with van der Waals surface area (Å²) in [5.41, 5.74) is 4.31. The van der Waals surface area contributed by atoms with Gasteiger partial charge in [-0.25, -0.2) is 9.18 Å². The van der Waals surface area contributed by atoms with E-state index in [4.69, 9.17) is 5.11 Å². The molecule has 0 aliphatic carbocycles. The molecule has 0 bridgehead atoms. The molecule has 0 atom stereocenters. The molecule has 9 heteroatoms. The van der Waals surface area contributed by atoms with E-state index in [-0.39, 0.29) is 24.5 Å². The molecule has 0 saturated carbocycles. The van der Waals surface area contributed by atoms with Crippen LogP contribution < -0.4 is 15.5 Å². The summed E-state index contributed by atoms with van der Waals surface area (Å²) < 4.78 is 15.1. The molecule has 8 nitrogen and oxygen atoms in total. The molecule has 5 rings (SSSR count). The number of aromatic nitrogens is 3. The summed E-state index contributed by atoms with van der Waals surface area (Å²) in [4.78, 5) is 17.7. The lowest BCUT2D eigenvalue weighted by atomic mass is 10.1. The molecule has 1 aliphatic heterocycles. The number of halogens is 1. The maximum atomic E-state index is 13.4. The molecule has 0 radical (unpaired) electrons. The number of carbonyl (C=O) groups excluding carboxylic acids is 1. The average Bonchev–Trinajstić information content (AvgIpc) is 3.38. The molecule has 1 saturated heterocycles. The molecule has 0 spiro atoms. The van der Waals surface area contributed by atoms with Gasteiger partial charge in [-0.2, -0.15) is 5.10 Å². The minimum atomic E-state index is -0.282. The van der Waals surface area contributed by atoms with Gasteiger partial charge in [0.1, 0.15) is 5.82 Å². The van der Waals surface area contributed by atoms with E-state index in [1.165, 1.54) is 12.1 Å². The van der Waals surface area contributed by atoms with Crippen LogP contribution in [-0.4, -0.2) is 51.6 Å². The lowest BCUT2D eigenvalue weighted by molar-refractivity contribution is 0.245. The van der Waals surface area contributed by atoms with E-state index >= 15 is 0 Å². The van der Waals surface area contributed by atoms with Crippen molar-refractivity contribution in [3.63, 3.8) is 0 Å². The van der Waals surface area contributed by atoms with Crippen LogP contribution in [0.25, 0.3) is 22.0 Å².